The quantitative estimate of drug-likeness (QED) is 0.700. The number of carbonyl (C=O) groups excluding carboxylic acids is 1. The average Bonchev–Trinajstić information content (AvgIpc) is 2.80. The first-order chi connectivity index (χ1) is 8.16. The molecule has 0 saturated carbocycles. The monoisotopic (exact) mass is 236 g/mol. The number of carbonyl (C=O) groups is 1. The summed E-state index contributed by atoms with van der Waals surface area (Å²) in [5.41, 5.74) is 11.5. The fourth-order valence-corrected chi connectivity index (χ4v) is 1.83. The molecule has 1 atom stereocenters. The van der Waals surface area contributed by atoms with Crippen LogP contribution in [0.15, 0.2) is 12.3 Å². The minimum Gasteiger partial charge on any atom is -0.397 e. The van der Waals surface area contributed by atoms with Crippen LogP contribution in [0.5, 0.6) is 0 Å². The maximum atomic E-state index is 11.2. The van der Waals surface area contributed by atoms with E-state index in [4.69, 9.17) is 16.2 Å². The number of rotatable bonds is 4. The van der Waals surface area contributed by atoms with Crippen LogP contribution in [0.1, 0.15) is 23.2 Å². The summed E-state index contributed by atoms with van der Waals surface area (Å²) in [7, 11) is 0. The van der Waals surface area contributed by atoms with E-state index in [0.717, 1.165) is 19.4 Å². The summed E-state index contributed by atoms with van der Waals surface area (Å²) in [5, 5.41) is 3.07. The van der Waals surface area contributed by atoms with Gasteiger partial charge in [0.05, 0.1) is 23.6 Å². The van der Waals surface area contributed by atoms with Crippen molar-refractivity contribution in [2.24, 2.45) is 5.73 Å². The number of nitrogen functional groups attached to an aromatic ring is 1. The molecule has 6 nitrogen and oxygen atoms in total. The van der Waals surface area contributed by atoms with Crippen molar-refractivity contribution in [1.29, 1.82) is 0 Å². The molecule has 1 aliphatic rings. The van der Waals surface area contributed by atoms with E-state index in [0.29, 0.717) is 23.6 Å². The number of ether oxygens (including phenoxy) is 1. The molecule has 0 aliphatic carbocycles. The van der Waals surface area contributed by atoms with Crippen LogP contribution in [0.3, 0.4) is 0 Å². The van der Waals surface area contributed by atoms with Crippen molar-refractivity contribution in [3.63, 3.8) is 0 Å². The number of aromatic nitrogens is 1. The number of primary amides is 1. The van der Waals surface area contributed by atoms with Gasteiger partial charge in [0.2, 0.25) is 0 Å². The Morgan fingerprint density at radius 1 is 1.65 bits per heavy atom. The minimum absolute atomic E-state index is 0.176. The first-order valence-corrected chi connectivity index (χ1v) is 5.57. The lowest BCUT2D eigenvalue weighted by atomic mass is 10.2. The van der Waals surface area contributed by atoms with Gasteiger partial charge in [-0.2, -0.15) is 0 Å². The largest absolute Gasteiger partial charge is 0.397 e. The van der Waals surface area contributed by atoms with E-state index in [1.54, 1.807) is 0 Å². The molecule has 2 heterocycles. The molecule has 0 bridgehead atoms. The van der Waals surface area contributed by atoms with Crippen LogP contribution >= 0.6 is 0 Å². The first kappa shape index (κ1) is 11.7. The summed E-state index contributed by atoms with van der Waals surface area (Å²) in [5.74, 6) is -0.0816. The summed E-state index contributed by atoms with van der Waals surface area (Å²) < 4.78 is 5.47. The van der Waals surface area contributed by atoms with Crippen LogP contribution in [0.2, 0.25) is 0 Å². The smallest absolute Gasteiger partial charge is 0.252 e. The van der Waals surface area contributed by atoms with Crippen molar-refractivity contribution in [2.45, 2.75) is 18.9 Å². The fraction of sp³-hybridized carbons (Fsp3) is 0.455. The molecule has 92 valence electrons. The number of anilines is 2. The Hall–Kier alpha value is -1.82. The third kappa shape index (κ3) is 2.85. The van der Waals surface area contributed by atoms with Gasteiger partial charge in [0, 0.05) is 13.2 Å². The molecular formula is C11H16N4O2. The molecule has 17 heavy (non-hydrogen) atoms. The number of hydrogen-bond acceptors (Lipinski definition) is 5. The van der Waals surface area contributed by atoms with Gasteiger partial charge in [-0.05, 0) is 18.9 Å². The number of hydrogen-bond donors (Lipinski definition) is 3. The summed E-state index contributed by atoms with van der Waals surface area (Å²) in [4.78, 5) is 15.3. The van der Waals surface area contributed by atoms with Crippen LogP contribution in [-0.2, 0) is 4.74 Å². The molecule has 6 heteroatoms. The van der Waals surface area contributed by atoms with E-state index in [1.165, 1.54) is 12.3 Å². The molecule has 0 aromatic carbocycles. The molecular weight excluding hydrogens is 220 g/mol. The van der Waals surface area contributed by atoms with Gasteiger partial charge in [-0.1, -0.05) is 0 Å². The maximum Gasteiger partial charge on any atom is 0.252 e. The predicted molar refractivity (Wildman–Crippen MR) is 64.6 cm³/mol. The van der Waals surface area contributed by atoms with E-state index in [-0.39, 0.29) is 6.10 Å². The Labute approximate surface area is 99.3 Å². The molecule has 0 radical (unpaired) electrons. The van der Waals surface area contributed by atoms with Crippen LogP contribution in [0, 0.1) is 0 Å². The second-order valence-electron chi connectivity index (χ2n) is 4.04. The van der Waals surface area contributed by atoms with Crippen molar-refractivity contribution in [2.75, 3.05) is 24.2 Å². The number of nitrogens with zero attached hydrogens (tertiary/aromatic N) is 1. The highest BCUT2D eigenvalue weighted by atomic mass is 16.5. The summed E-state index contributed by atoms with van der Waals surface area (Å²) in [6.45, 7) is 1.42. The van der Waals surface area contributed by atoms with Crippen molar-refractivity contribution < 1.29 is 9.53 Å². The molecule has 1 aromatic rings. The molecule has 2 rings (SSSR count). The highest BCUT2D eigenvalue weighted by Crippen LogP contribution is 2.17. The highest BCUT2D eigenvalue weighted by Gasteiger charge is 2.17. The molecule has 1 saturated heterocycles. The van der Waals surface area contributed by atoms with Gasteiger partial charge in [-0.3, -0.25) is 4.79 Å². The lowest BCUT2D eigenvalue weighted by Crippen LogP contribution is -2.22. The van der Waals surface area contributed by atoms with Gasteiger partial charge in [0.25, 0.3) is 5.91 Å². The van der Waals surface area contributed by atoms with E-state index in [2.05, 4.69) is 10.3 Å². The van der Waals surface area contributed by atoms with Crippen molar-refractivity contribution in [3.8, 4) is 0 Å². The third-order valence-corrected chi connectivity index (χ3v) is 2.70. The SMILES string of the molecule is NC(=O)c1cc(N)cnc1NCC1CCCO1. The van der Waals surface area contributed by atoms with Gasteiger partial charge in [-0.15, -0.1) is 0 Å². The van der Waals surface area contributed by atoms with Crippen molar-refractivity contribution in [1.82, 2.24) is 4.98 Å². The zero-order valence-corrected chi connectivity index (χ0v) is 9.48. The van der Waals surface area contributed by atoms with Gasteiger partial charge >= 0.3 is 0 Å². The Morgan fingerprint density at radius 2 is 2.47 bits per heavy atom. The van der Waals surface area contributed by atoms with E-state index >= 15 is 0 Å². The normalized spacial score (nSPS) is 19.2. The Morgan fingerprint density at radius 3 is 3.12 bits per heavy atom. The van der Waals surface area contributed by atoms with Gasteiger partial charge < -0.3 is 21.5 Å². The number of pyridine rings is 1. The molecule has 1 unspecified atom stereocenters. The number of nitrogens with one attached hydrogen (secondary N) is 1. The Balaban J connectivity index is 2.06. The van der Waals surface area contributed by atoms with Crippen LogP contribution in [-0.4, -0.2) is 30.1 Å². The standard InChI is InChI=1S/C11H16N4O2/c12-7-4-9(10(13)16)11(14-5-7)15-6-8-2-1-3-17-8/h4-5,8H,1-3,6,12H2,(H2,13,16)(H,14,15). The zero-order chi connectivity index (χ0) is 12.3. The third-order valence-electron chi connectivity index (χ3n) is 2.70. The Bertz CT molecular complexity index is 416. The molecule has 1 fully saturated rings. The lowest BCUT2D eigenvalue weighted by Gasteiger charge is -2.13. The topological polar surface area (TPSA) is 103 Å². The van der Waals surface area contributed by atoms with Crippen LogP contribution < -0.4 is 16.8 Å². The summed E-state index contributed by atoms with van der Waals surface area (Å²) >= 11 is 0. The van der Waals surface area contributed by atoms with Crippen molar-refractivity contribution >= 4 is 17.4 Å². The molecule has 1 aliphatic heterocycles. The molecule has 1 aromatic heterocycles. The summed E-state index contributed by atoms with van der Waals surface area (Å²) in [6, 6.07) is 1.52. The molecule has 0 spiro atoms. The van der Waals surface area contributed by atoms with Gasteiger partial charge in [0.1, 0.15) is 5.82 Å². The second-order valence-corrected chi connectivity index (χ2v) is 4.04. The zero-order valence-electron chi connectivity index (χ0n) is 9.48. The Kier molecular flexibility index (Phi) is 3.43. The van der Waals surface area contributed by atoms with E-state index in [1.807, 2.05) is 0 Å². The van der Waals surface area contributed by atoms with Gasteiger partial charge in [0.15, 0.2) is 0 Å². The van der Waals surface area contributed by atoms with Crippen molar-refractivity contribution in [3.05, 3.63) is 17.8 Å². The summed E-state index contributed by atoms with van der Waals surface area (Å²) in [6.07, 6.45) is 3.76. The lowest BCUT2D eigenvalue weighted by molar-refractivity contribution is 0.1000. The first-order valence-electron chi connectivity index (χ1n) is 5.57. The molecule has 5 N–H and O–H groups in total. The van der Waals surface area contributed by atoms with E-state index in [9.17, 15) is 4.79 Å². The average molecular weight is 236 g/mol. The minimum atomic E-state index is -0.542. The molecule has 1 amide bonds. The van der Waals surface area contributed by atoms with Gasteiger partial charge in [-0.25, -0.2) is 4.98 Å². The van der Waals surface area contributed by atoms with Crippen LogP contribution in [0.25, 0.3) is 0 Å². The fourth-order valence-electron chi connectivity index (χ4n) is 1.83. The maximum absolute atomic E-state index is 11.2. The van der Waals surface area contributed by atoms with Crippen LogP contribution in [0.4, 0.5) is 11.5 Å². The highest BCUT2D eigenvalue weighted by molar-refractivity contribution is 5.98. The van der Waals surface area contributed by atoms with E-state index < -0.39 is 5.91 Å². The second kappa shape index (κ2) is 5.01. The number of amides is 1. The predicted octanol–water partition coefficient (Wildman–Crippen LogP) is 0.354. The number of nitrogens with two attached hydrogens (primary N) is 2.